The van der Waals surface area contributed by atoms with E-state index in [0.717, 1.165) is 0 Å². The molecule has 0 atom stereocenters. The van der Waals surface area contributed by atoms with Crippen molar-refractivity contribution in [2.45, 2.75) is 0 Å². The quantitative estimate of drug-likeness (QED) is 0.788. The average molecular weight is 245 g/mol. The van der Waals surface area contributed by atoms with Crippen LogP contribution in [0.25, 0.3) is 0 Å². The Morgan fingerprint density at radius 1 is 1.28 bits per heavy atom. The van der Waals surface area contributed by atoms with Gasteiger partial charge in [-0.25, -0.2) is 0 Å². The van der Waals surface area contributed by atoms with Crippen LogP contribution in [0.4, 0.5) is 0 Å². The van der Waals surface area contributed by atoms with Crippen molar-refractivity contribution in [1.29, 1.82) is 5.26 Å². The van der Waals surface area contributed by atoms with Crippen LogP contribution >= 0.6 is 0 Å². The summed E-state index contributed by atoms with van der Waals surface area (Å²) in [6.45, 7) is 0.0165. The zero-order chi connectivity index (χ0) is 13.7. The van der Waals surface area contributed by atoms with Crippen molar-refractivity contribution in [2.24, 2.45) is 0 Å². The smallest absolute Gasteiger partial charge is 0.254 e. The van der Waals surface area contributed by atoms with E-state index in [9.17, 15) is 9.59 Å². The van der Waals surface area contributed by atoms with Gasteiger partial charge in [0.2, 0.25) is 5.91 Å². The van der Waals surface area contributed by atoms with Crippen LogP contribution in [-0.4, -0.2) is 49.3 Å². The molecule has 0 aliphatic carbocycles. The van der Waals surface area contributed by atoms with Crippen molar-refractivity contribution < 1.29 is 9.59 Å². The number of benzene rings is 1. The van der Waals surface area contributed by atoms with Crippen LogP contribution in [-0.2, 0) is 4.79 Å². The molecule has 94 valence electrons. The fraction of sp³-hybridized carbons (Fsp3) is 0.308. The zero-order valence-corrected chi connectivity index (χ0v) is 10.7. The number of hydrogen-bond donors (Lipinski definition) is 0. The maximum Gasteiger partial charge on any atom is 0.254 e. The summed E-state index contributed by atoms with van der Waals surface area (Å²) in [6.07, 6.45) is 0. The lowest BCUT2D eigenvalue weighted by molar-refractivity contribution is -0.129. The van der Waals surface area contributed by atoms with Gasteiger partial charge in [0.05, 0.1) is 18.2 Å². The average Bonchev–Trinajstić information content (AvgIpc) is 2.37. The van der Waals surface area contributed by atoms with E-state index in [2.05, 4.69) is 0 Å². The Kier molecular flexibility index (Phi) is 4.44. The van der Waals surface area contributed by atoms with E-state index in [1.807, 2.05) is 6.07 Å². The second-order valence-electron chi connectivity index (χ2n) is 4.14. The molecule has 0 radical (unpaired) electrons. The Hall–Kier alpha value is -2.35. The number of nitrogens with zero attached hydrogens (tertiary/aromatic N) is 3. The minimum Gasteiger partial charge on any atom is -0.347 e. The summed E-state index contributed by atoms with van der Waals surface area (Å²) < 4.78 is 0. The van der Waals surface area contributed by atoms with Crippen LogP contribution in [0.2, 0.25) is 0 Å². The van der Waals surface area contributed by atoms with E-state index >= 15 is 0 Å². The molecular weight excluding hydrogens is 230 g/mol. The topological polar surface area (TPSA) is 64.4 Å². The summed E-state index contributed by atoms with van der Waals surface area (Å²) in [6, 6.07) is 8.38. The molecule has 0 fully saturated rings. The van der Waals surface area contributed by atoms with Crippen LogP contribution < -0.4 is 0 Å². The summed E-state index contributed by atoms with van der Waals surface area (Å²) in [7, 11) is 4.83. The van der Waals surface area contributed by atoms with Crippen molar-refractivity contribution >= 4 is 11.8 Å². The second kappa shape index (κ2) is 5.82. The van der Waals surface area contributed by atoms with Crippen molar-refractivity contribution in [2.75, 3.05) is 27.7 Å². The number of likely N-dealkylation sites (N-methyl/N-ethyl adjacent to an activating group) is 2. The predicted octanol–water partition coefficient (Wildman–Crippen LogP) is 0.718. The van der Waals surface area contributed by atoms with Crippen LogP contribution in [0.5, 0.6) is 0 Å². The molecule has 0 aliphatic rings. The first-order chi connectivity index (χ1) is 8.45. The number of carbonyl (C=O) groups excluding carboxylic acids is 2. The van der Waals surface area contributed by atoms with Gasteiger partial charge in [0, 0.05) is 26.7 Å². The Balaban J connectivity index is 2.81. The highest BCUT2D eigenvalue weighted by atomic mass is 16.2. The fourth-order valence-electron chi connectivity index (χ4n) is 1.36. The fourth-order valence-corrected chi connectivity index (χ4v) is 1.36. The molecule has 1 aromatic carbocycles. The van der Waals surface area contributed by atoms with Gasteiger partial charge in [0.1, 0.15) is 0 Å². The molecule has 5 heteroatoms. The van der Waals surface area contributed by atoms with E-state index in [1.165, 1.54) is 15.9 Å². The first-order valence-electron chi connectivity index (χ1n) is 5.41. The van der Waals surface area contributed by atoms with Crippen molar-refractivity contribution in [3.8, 4) is 6.07 Å². The maximum absolute atomic E-state index is 12.0. The molecule has 0 unspecified atom stereocenters. The summed E-state index contributed by atoms with van der Waals surface area (Å²) in [5.74, 6) is -0.426. The number of nitriles is 1. The minimum atomic E-state index is -0.276. The molecule has 18 heavy (non-hydrogen) atoms. The van der Waals surface area contributed by atoms with Crippen LogP contribution in [0, 0.1) is 11.3 Å². The van der Waals surface area contributed by atoms with Crippen LogP contribution in [0.3, 0.4) is 0 Å². The highest BCUT2D eigenvalue weighted by Crippen LogP contribution is 2.07. The molecule has 0 aromatic heterocycles. The molecule has 5 nitrogen and oxygen atoms in total. The Bertz CT molecular complexity index is 503. The Morgan fingerprint density at radius 3 is 2.50 bits per heavy atom. The first kappa shape index (κ1) is 13.7. The lowest BCUT2D eigenvalue weighted by Gasteiger charge is -2.19. The maximum atomic E-state index is 12.0. The van der Waals surface area contributed by atoms with Gasteiger partial charge in [-0.15, -0.1) is 0 Å². The van der Waals surface area contributed by atoms with E-state index in [0.29, 0.717) is 11.1 Å². The van der Waals surface area contributed by atoms with Gasteiger partial charge in [-0.3, -0.25) is 9.59 Å². The highest BCUT2D eigenvalue weighted by molar-refractivity contribution is 5.96. The molecule has 0 saturated heterocycles. The lowest BCUT2D eigenvalue weighted by Crippen LogP contribution is -2.37. The van der Waals surface area contributed by atoms with Gasteiger partial charge in [-0.05, 0) is 18.2 Å². The summed E-state index contributed by atoms with van der Waals surface area (Å²) >= 11 is 0. The third-order valence-corrected chi connectivity index (χ3v) is 2.46. The predicted molar refractivity (Wildman–Crippen MR) is 66.8 cm³/mol. The van der Waals surface area contributed by atoms with Crippen molar-refractivity contribution in [3.05, 3.63) is 35.4 Å². The highest BCUT2D eigenvalue weighted by Gasteiger charge is 2.16. The normalized spacial score (nSPS) is 9.44. The number of rotatable bonds is 3. The number of hydrogen-bond acceptors (Lipinski definition) is 3. The summed E-state index contributed by atoms with van der Waals surface area (Å²) in [4.78, 5) is 26.3. The van der Waals surface area contributed by atoms with Crippen molar-refractivity contribution in [1.82, 2.24) is 9.80 Å². The first-order valence-corrected chi connectivity index (χ1v) is 5.41. The van der Waals surface area contributed by atoms with Gasteiger partial charge in [0.15, 0.2) is 0 Å². The molecule has 0 bridgehead atoms. The molecule has 0 spiro atoms. The largest absolute Gasteiger partial charge is 0.347 e. The van der Waals surface area contributed by atoms with Gasteiger partial charge in [-0.1, -0.05) is 6.07 Å². The standard InChI is InChI=1S/C13H15N3O2/c1-15(2)12(17)9-16(3)13(18)11-6-4-5-10(7-11)8-14/h4-7H,9H2,1-3H3. The Labute approximate surface area is 106 Å². The second-order valence-corrected chi connectivity index (χ2v) is 4.14. The van der Waals surface area contributed by atoms with Gasteiger partial charge in [-0.2, -0.15) is 5.26 Å². The molecular formula is C13H15N3O2. The summed E-state index contributed by atoms with van der Waals surface area (Å²) in [5.41, 5.74) is 0.830. The third kappa shape index (κ3) is 3.32. The SMILES string of the molecule is CN(C)C(=O)CN(C)C(=O)c1cccc(C#N)c1. The monoisotopic (exact) mass is 245 g/mol. The molecule has 0 heterocycles. The molecule has 0 aliphatic heterocycles. The molecule has 1 aromatic rings. The van der Waals surface area contributed by atoms with E-state index in [1.54, 1.807) is 39.3 Å². The molecule has 2 amide bonds. The summed E-state index contributed by atoms with van der Waals surface area (Å²) in [5, 5.41) is 8.76. The molecule has 0 N–H and O–H groups in total. The van der Waals surface area contributed by atoms with Crippen LogP contribution in [0.15, 0.2) is 24.3 Å². The lowest BCUT2D eigenvalue weighted by atomic mass is 10.1. The van der Waals surface area contributed by atoms with Gasteiger partial charge < -0.3 is 9.80 Å². The molecule has 0 saturated carbocycles. The Morgan fingerprint density at radius 2 is 1.94 bits per heavy atom. The number of carbonyl (C=O) groups is 2. The van der Waals surface area contributed by atoms with Crippen LogP contribution in [0.1, 0.15) is 15.9 Å². The van der Waals surface area contributed by atoms with E-state index in [-0.39, 0.29) is 18.4 Å². The minimum absolute atomic E-state index is 0.0165. The van der Waals surface area contributed by atoms with Gasteiger partial charge >= 0.3 is 0 Å². The zero-order valence-electron chi connectivity index (χ0n) is 10.7. The van der Waals surface area contributed by atoms with Gasteiger partial charge in [0.25, 0.3) is 5.91 Å². The number of amides is 2. The van der Waals surface area contributed by atoms with Crippen molar-refractivity contribution in [3.63, 3.8) is 0 Å². The van der Waals surface area contributed by atoms with E-state index in [4.69, 9.17) is 5.26 Å². The molecule has 1 rings (SSSR count). The third-order valence-electron chi connectivity index (χ3n) is 2.46. The van der Waals surface area contributed by atoms with E-state index < -0.39 is 0 Å².